The number of hydrogen-bond acceptors (Lipinski definition) is 2. The van der Waals surface area contributed by atoms with E-state index in [-0.39, 0.29) is 0 Å². The molecule has 1 aromatic rings. The van der Waals surface area contributed by atoms with Crippen molar-refractivity contribution in [2.75, 3.05) is 5.73 Å². The van der Waals surface area contributed by atoms with Crippen molar-refractivity contribution in [3.05, 3.63) is 29.3 Å². The molecule has 0 radical (unpaired) electrons. The summed E-state index contributed by atoms with van der Waals surface area (Å²) >= 11 is 3.33. The molecule has 0 saturated carbocycles. The average Bonchev–Trinajstić information content (AvgIpc) is 2.05. The van der Waals surface area contributed by atoms with Crippen molar-refractivity contribution in [2.45, 2.75) is 5.33 Å². The lowest BCUT2D eigenvalue weighted by Gasteiger charge is -2.00. The number of hydrogen-bond donors (Lipinski definition) is 2. The summed E-state index contributed by atoms with van der Waals surface area (Å²) in [7, 11) is 0. The van der Waals surface area contributed by atoms with Crippen molar-refractivity contribution in [1.82, 2.24) is 0 Å². The second-order valence-corrected chi connectivity index (χ2v) is 2.80. The number of anilines is 1. The van der Waals surface area contributed by atoms with Gasteiger partial charge in [0.2, 0.25) is 0 Å². The third kappa shape index (κ3) is 1.80. The van der Waals surface area contributed by atoms with Gasteiger partial charge in [-0.3, -0.25) is 0 Å². The number of nitrogens with two attached hydrogens (primary N) is 1. The van der Waals surface area contributed by atoms with Gasteiger partial charge in [-0.15, -0.1) is 0 Å². The number of rotatable bonds is 2. The first-order chi connectivity index (χ1) is 5.27. The lowest BCUT2D eigenvalue weighted by Crippen LogP contribution is -1.93. The van der Waals surface area contributed by atoms with E-state index in [0.717, 1.165) is 16.5 Å². The van der Waals surface area contributed by atoms with Crippen LogP contribution in [0.4, 0.5) is 5.69 Å². The second kappa shape index (κ2) is 3.53. The Morgan fingerprint density at radius 3 is 2.82 bits per heavy atom. The molecule has 0 saturated heterocycles. The summed E-state index contributed by atoms with van der Waals surface area (Å²) in [6.07, 6.45) is 1.27. The predicted molar refractivity (Wildman–Crippen MR) is 51.4 cm³/mol. The van der Waals surface area contributed by atoms with E-state index in [9.17, 15) is 0 Å². The number of benzene rings is 1. The molecule has 0 spiro atoms. The molecule has 0 unspecified atom stereocenters. The first-order valence-electron chi connectivity index (χ1n) is 3.22. The SMILES string of the molecule is N=Cc1cc(CBr)ccc1N. The van der Waals surface area contributed by atoms with Gasteiger partial charge in [-0.05, 0) is 17.7 Å². The monoisotopic (exact) mass is 212 g/mol. The topological polar surface area (TPSA) is 49.9 Å². The second-order valence-electron chi connectivity index (χ2n) is 2.24. The molecule has 0 atom stereocenters. The van der Waals surface area contributed by atoms with Crippen LogP contribution < -0.4 is 5.73 Å². The molecule has 0 aliphatic rings. The standard InChI is InChI=1S/C8H9BrN2/c9-4-6-1-2-8(11)7(3-6)5-10/h1-3,5,10H,4,11H2. The van der Waals surface area contributed by atoms with Gasteiger partial charge in [0.15, 0.2) is 0 Å². The van der Waals surface area contributed by atoms with E-state index >= 15 is 0 Å². The molecule has 11 heavy (non-hydrogen) atoms. The summed E-state index contributed by atoms with van der Waals surface area (Å²) in [5, 5.41) is 7.84. The van der Waals surface area contributed by atoms with Gasteiger partial charge in [0, 0.05) is 22.8 Å². The minimum atomic E-state index is 0.657. The van der Waals surface area contributed by atoms with Gasteiger partial charge in [-0.25, -0.2) is 0 Å². The van der Waals surface area contributed by atoms with E-state index in [1.165, 1.54) is 6.21 Å². The molecule has 0 heterocycles. The Morgan fingerprint density at radius 1 is 1.55 bits per heavy atom. The summed E-state index contributed by atoms with van der Waals surface area (Å²) in [6.45, 7) is 0. The highest BCUT2D eigenvalue weighted by Gasteiger charge is 1.96. The predicted octanol–water partition coefficient (Wildman–Crippen LogP) is 2.16. The third-order valence-corrected chi connectivity index (χ3v) is 2.11. The molecular formula is C8H9BrN2. The lowest BCUT2D eigenvalue weighted by molar-refractivity contribution is 1.42. The van der Waals surface area contributed by atoms with E-state index in [4.69, 9.17) is 11.1 Å². The maximum absolute atomic E-state index is 7.04. The van der Waals surface area contributed by atoms with E-state index in [1.807, 2.05) is 18.2 Å². The van der Waals surface area contributed by atoms with Crippen LogP contribution in [-0.4, -0.2) is 6.21 Å². The first kappa shape index (κ1) is 8.27. The summed E-state index contributed by atoms with van der Waals surface area (Å²) in [4.78, 5) is 0. The van der Waals surface area contributed by atoms with Crippen LogP contribution in [0.25, 0.3) is 0 Å². The van der Waals surface area contributed by atoms with Gasteiger partial charge in [0.25, 0.3) is 0 Å². The minimum absolute atomic E-state index is 0.657. The molecule has 3 heteroatoms. The Labute approximate surface area is 74.1 Å². The van der Waals surface area contributed by atoms with E-state index in [0.29, 0.717) is 5.69 Å². The molecule has 0 aromatic heterocycles. The zero-order valence-electron chi connectivity index (χ0n) is 5.97. The van der Waals surface area contributed by atoms with Crippen LogP contribution in [0.1, 0.15) is 11.1 Å². The Hall–Kier alpha value is -0.830. The van der Waals surface area contributed by atoms with E-state index < -0.39 is 0 Å². The van der Waals surface area contributed by atoms with Crippen LogP contribution >= 0.6 is 15.9 Å². The summed E-state index contributed by atoms with van der Waals surface area (Å²) in [6, 6.07) is 5.66. The molecule has 0 aliphatic heterocycles. The van der Waals surface area contributed by atoms with Crippen molar-refractivity contribution < 1.29 is 0 Å². The highest BCUT2D eigenvalue weighted by molar-refractivity contribution is 9.08. The molecule has 58 valence electrons. The van der Waals surface area contributed by atoms with Crippen LogP contribution in [0.15, 0.2) is 18.2 Å². The fraction of sp³-hybridized carbons (Fsp3) is 0.125. The average molecular weight is 213 g/mol. The Morgan fingerprint density at radius 2 is 2.27 bits per heavy atom. The molecule has 1 rings (SSSR count). The van der Waals surface area contributed by atoms with Crippen molar-refractivity contribution in [1.29, 1.82) is 5.41 Å². The molecule has 0 aliphatic carbocycles. The molecule has 0 bridgehead atoms. The fourth-order valence-electron chi connectivity index (χ4n) is 0.832. The van der Waals surface area contributed by atoms with Gasteiger partial charge in [0.1, 0.15) is 0 Å². The quantitative estimate of drug-likeness (QED) is 0.441. The Bertz CT molecular complexity index is 271. The van der Waals surface area contributed by atoms with Gasteiger partial charge in [-0.2, -0.15) is 0 Å². The number of nitrogens with one attached hydrogen (secondary N) is 1. The Balaban J connectivity index is 3.12. The summed E-state index contributed by atoms with van der Waals surface area (Å²) in [5.74, 6) is 0. The first-order valence-corrected chi connectivity index (χ1v) is 4.35. The van der Waals surface area contributed by atoms with Crippen molar-refractivity contribution in [3.63, 3.8) is 0 Å². The largest absolute Gasteiger partial charge is 0.398 e. The smallest absolute Gasteiger partial charge is 0.0403 e. The molecular weight excluding hydrogens is 204 g/mol. The number of nitrogen functional groups attached to an aromatic ring is 1. The summed E-state index contributed by atoms with van der Waals surface area (Å²) < 4.78 is 0. The van der Waals surface area contributed by atoms with Crippen LogP contribution in [-0.2, 0) is 5.33 Å². The maximum atomic E-state index is 7.04. The van der Waals surface area contributed by atoms with E-state index in [2.05, 4.69) is 15.9 Å². The normalized spacial score (nSPS) is 9.55. The minimum Gasteiger partial charge on any atom is -0.398 e. The van der Waals surface area contributed by atoms with Gasteiger partial charge < -0.3 is 11.1 Å². The van der Waals surface area contributed by atoms with Crippen LogP contribution in [0.5, 0.6) is 0 Å². The van der Waals surface area contributed by atoms with Crippen molar-refractivity contribution >= 4 is 27.8 Å². The zero-order valence-corrected chi connectivity index (χ0v) is 7.56. The molecule has 2 nitrogen and oxygen atoms in total. The van der Waals surface area contributed by atoms with Gasteiger partial charge in [-0.1, -0.05) is 22.0 Å². The number of halogens is 1. The van der Waals surface area contributed by atoms with Crippen LogP contribution in [0.2, 0.25) is 0 Å². The third-order valence-electron chi connectivity index (χ3n) is 1.46. The highest BCUT2D eigenvalue weighted by Crippen LogP contribution is 2.13. The lowest BCUT2D eigenvalue weighted by atomic mass is 10.1. The molecule has 1 aromatic carbocycles. The maximum Gasteiger partial charge on any atom is 0.0403 e. The molecule has 0 amide bonds. The molecule has 0 fully saturated rings. The fourth-order valence-corrected chi connectivity index (χ4v) is 1.18. The van der Waals surface area contributed by atoms with E-state index in [1.54, 1.807) is 0 Å². The highest BCUT2D eigenvalue weighted by atomic mass is 79.9. The Kier molecular flexibility index (Phi) is 2.65. The van der Waals surface area contributed by atoms with Crippen molar-refractivity contribution in [2.24, 2.45) is 0 Å². The number of alkyl halides is 1. The van der Waals surface area contributed by atoms with Gasteiger partial charge >= 0.3 is 0 Å². The van der Waals surface area contributed by atoms with Crippen LogP contribution in [0, 0.1) is 5.41 Å². The van der Waals surface area contributed by atoms with Crippen LogP contribution in [0.3, 0.4) is 0 Å². The van der Waals surface area contributed by atoms with Gasteiger partial charge in [0.05, 0.1) is 0 Å². The molecule has 3 N–H and O–H groups in total. The zero-order chi connectivity index (χ0) is 8.27. The van der Waals surface area contributed by atoms with Crippen molar-refractivity contribution in [3.8, 4) is 0 Å². The summed E-state index contributed by atoms with van der Waals surface area (Å²) in [5.41, 5.74) is 8.16.